The van der Waals surface area contributed by atoms with Gasteiger partial charge in [-0.1, -0.05) is 44.9 Å². The molecule has 0 atom stereocenters. The minimum atomic E-state index is 0.355. The monoisotopic (exact) mass is 267 g/mol. The van der Waals surface area contributed by atoms with Crippen LogP contribution in [0.25, 0.3) is 0 Å². The molecule has 102 valence electrons. The summed E-state index contributed by atoms with van der Waals surface area (Å²) in [5.41, 5.74) is 0.355. The highest BCUT2D eigenvalue weighted by Gasteiger charge is 2.37. The largest absolute Gasteiger partial charge is 0.310 e. The van der Waals surface area contributed by atoms with Crippen LogP contribution in [0, 0.1) is 5.92 Å². The third kappa shape index (κ3) is 3.09. The van der Waals surface area contributed by atoms with Gasteiger partial charge in [0.15, 0.2) is 0 Å². The average molecular weight is 267 g/mol. The summed E-state index contributed by atoms with van der Waals surface area (Å²) in [6.45, 7) is 8.67. The van der Waals surface area contributed by atoms with Gasteiger partial charge in [-0.3, -0.25) is 0 Å². The molecule has 0 aliphatic heterocycles. The molecule has 0 saturated heterocycles. The highest BCUT2D eigenvalue weighted by atomic mass is 32.1. The van der Waals surface area contributed by atoms with Crippen molar-refractivity contribution in [3.8, 4) is 0 Å². The lowest BCUT2D eigenvalue weighted by Crippen LogP contribution is -2.20. The zero-order chi connectivity index (χ0) is 13.0. The molecule has 1 aliphatic carbocycles. The highest BCUT2D eigenvalue weighted by Crippen LogP contribution is 2.44. The van der Waals surface area contributed by atoms with Crippen molar-refractivity contribution in [3.63, 3.8) is 0 Å². The first-order valence-corrected chi connectivity index (χ1v) is 8.01. The maximum absolute atomic E-state index is 4.47. The van der Waals surface area contributed by atoms with Crippen LogP contribution in [0.2, 0.25) is 0 Å². The van der Waals surface area contributed by atoms with E-state index in [1.54, 1.807) is 0 Å². The number of nitrogens with one attached hydrogen (secondary N) is 1. The second-order valence-corrected chi connectivity index (χ2v) is 6.93. The van der Waals surface area contributed by atoms with E-state index in [1.807, 2.05) is 11.3 Å². The quantitative estimate of drug-likeness (QED) is 0.857. The van der Waals surface area contributed by atoms with E-state index in [2.05, 4.69) is 36.3 Å². The number of rotatable bonds is 6. The summed E-state index contributed by atoms with van der Waals surface area (Å²) in [6.07, 6.45) is 6.53. The molecule has 1 saturated carbocycles. The van der Waals surface area contributed by atoms with E-state index in [0.717, 1.165) is 18.1 Å². The molecule has 0 bridgehead atoms. The molecule has 1 fully saturated rings. The first-order chi connectivity index (χ1) is 8.66. The molecule has 0 unspecified atom stereocenters. The van der Waals surface area contributed by atoms with E-state index >= 15 is 0 Å². The Labute approximate surface area is 114 Å². The summed E-state index contributed by atoms with van der Waals surface area (Å²) >= 11 is 1.82. The van der Waals surface area contributed by atoms with Gasteiger partial charge in [0.2, 0.25) is 0 Å². The van der Waals surface area contributed by atoms with Crippen LogP contribution in [0.3, 0.4) is 0 Å². The fourth-order valence-corrected chi connectivity index (χ4v) is 3.90. The Balaban J connectivity index is 1.96. The van der Waals surface area contributed by atoms with Gasteiger partial charge < -0.3 is 5.32 Å². The molecule has 1 aliphatic rings. The predicted molar refractivity (Wildman–Crippen MR) is 76.9 cm³/mol. The van der Waals surface area contributed by atoms with Crippen molar-refractivity contribution in [2.45, 2.75) is 64.8 Å². The summed E-state index contributed by atoms with van der Waals surface area (Å²) in [5, 5.41) is 14.7. The molecule has 1 aromatic rings. The van der Waals surface area contributed by atoms with Crippen molar-refractivity contribution in [3.05, 3.63) is 10.0 Å². The zero-order valence-electron chi connectivity index (χ0n) is 11.8. The molecule has 0 spiro atoms. The van der Waals surface area contributed by atoms with Gasteiger partial charge in [0, 0.05) is 12.0 Å². The first-order valence-electron chi connectivity index (χ1n) is 7.20. The lowest BCUT2D eigenvalue weighted by atomic mass is 9.84. The van der Waals surface area contributed by atoms with E-state index in [0.29, 0.717) is 11.3 Å². The minimum absolute atomic E-state index is 0.355. The minimum Gasteiger partial charge on any atom is -0.310 e. The molecular formula is C14H25N3S. The van der Waals surface area contributed by atoms with Crippen molar-refractivity contribution >= 4 is 11.3 Å². The Morgan fingerprint density at radius 3 is 2.61 bits per heavy atom. The predicted octanol–water partition coefficient (Wildman–Crippen LogP) is 3.51. The highest BCUT2D eigenvalue weighted by molar-refractivity contribution is 7.11. The van der Waals surface area contributed by atoms with Gasteiger partial charge in [-0.2, -0.15) is 0 Å². The van der Waals surface area contributed by atoms with E-state index in [1.165, 1.54) is 37.1 Å². The molecule has 0 amide bonds. The van der Waals surface area contributed by atoms with E-state index in [9.17, 15) is 0 Å². The number of hydrogen-bond donors (Lipinski definition) is 1. The molecule has 3 nitrogen and oxygen atoms in total. The van der Waals surface area contributed by atoms with Crippen LogP contribution < -0.4 is 5.32 Å². The smallest absolute Gasteiger partial charge is 0.131 e. The van der Waals surface area contributed by atoms with Gasteiger partial charge in [0.1, 0.15) is 10.0 Å². The average Bonchev–Trinajstić information content (AvgIpc) is 2.97. The Hall–Kier alpha value is -0.480. The van der Waals surface area contributed by atoms with Crippen LogP contribution in [0.4, 0.5) is 0 Å². The van der Waals surface area contributed by atoms with Crippen molar-refractivity contribution in [1.82, 2.24) is 15.5 Å². The standard InChI is InChI=1S/C14H25N3S/c1-4-14(7-5-6-8-14)13-17-16-12(18-13)10-15-9-11(2)3/h11,15H,4-10H2,1-3H3. The SMILES string of the molecule is CCC1(c2nnc(CNCC(C)C)s2)CCCC1. The fourth-order valence-electron chi connectivity index (χ4n) is 2.78. The fraction of sp³-hybridized carbons (Fsp3) is 0.857. The van der Waals surface area contributed by atoms with Crippen molar-refractivity contribution < 1.29 is 0 Å². The Morgan fingerprint density at radius 1 is 1.28 bits per heavy atom. The third-order valence-electron chi connectivity index (χ3n) is 3.99. The first kappa shape index (κ1) is 13.9. The third-order valence-corrected chi connectivity index (χ3v) is 5.16. The normalized spacial score (nSPS) is 18.7. The van der Waals surface area contributed by atoms with Gasteiger partial charge in [0.25, 0.3) is 0 Å². The Morgan fingerprint density at radius 2 is 2.00 bits per heavy atom. The summed E-state index contributed by atoms with van der Waals surface area (Å²) in [6, 6.07) is 0. The molecular weight excluding hydrogens is 242 g/mol. The van der Waals surface area contributed by atoms with Crippen LogP contribution in [-0.2, 0) is 12.0 Å². The van der Waals surface area contributed by atoms with Crippen LogP contribution in [0.15, 0.2) is 0 Å². The number of nitrogens with zero attached hydrogens (tertiary/aromatic N) is 2. The van der Waals surface area contributed by atoms with Gasteiger partial charge in [-0.15, -0.1) is 10.2 Å². The molecule has 4 heteroatoms. The van der Waals surface area contributed by atoms with Gasteiger partial charge in [0.05, 0.1) is 0 Å². The van der Waals surface area contributed by atoms with Crippen LogP contribution in [0.1, 0.15) is 62.9 Å². The van der Waals surface area contributed by atoms with Crippen molar-refractivity contribution in [1.29, 1.82) is 0 Å². The second kappa shape index (κ2) is 6.11. The molecule has 18 heavy (non-hydrogen) atoms. The number of aromatic nitrogens is 2. The van der Waals surface area contributed by atoms with Gasteiger partial charge in [-0.25, -0.2) is 0 Å². The zero-order valence-corrected chi connectivity index (χ0v) is 12.6. The molecule has 1 N–H and O–H groups in total. The van der Waals surface area contributed by atoms with Crippen molar-refractivity contribution in [2.24, 2.45) is 5.92 Å². The summed E-state index contributed by atoms with van der Waals surface area (Å²) in [7, 11) is 0. The molecule has 1 aromatic heterocycles. The lowest BCUT2D eigenvalue weighted by Gasteiger charge is -2.23. The molecule has 0 aromatic carbocycles. The van der Waals surface area contributed by atoms with E-state index < -0.39 is 0 Å². The summed E-state index contributed by atoms with van der Waals surface area (Å²) < 4.78 is 0. The van der Waals surface area contributed by atoms with Gasteiger partial charge in [-0.05, 0) is 31.7 Å². The lowest BCUT2D eigenvalue weighted by molar-refractivity contribution is 0.419. The van der Waals surface area contributed by atoms with Crippen LogP contribution in [-0.4, -0.2) is 16.7 Å². The van der Waals surface area contributed by atoms with Crippen LogP contribution >= 0.6 is 11.3 Å². The Bertz CT molecular complexity index is 367. The van der Waals surface area contributed by atoms with Crippen LogP contribution in [0.5, 0.6) is 0 Å². The number of hydrogen-bond acceptors (Lipinski definition) is 4. The molecule has 0 radical (unpaired) electrons. The summed E-state index contributed by atoms with van der Waals surface area (Å²) in [5.74, 6) is 0.689. The second-order valence-electron chi connectivity index (χ2n) is 5.87. The maximum atomic E-state index is 4.47. The molecule has 2 rings (SSSR count). The van der Waals surface area contributed by atoms with E-state index in [4.69, 9.17) is 0 Å². The maximum Gasteiger partial charge on any atom is 0.131 e. The van der Waals surface area contributed by atoms with Crippen molar-refractivity contribution in [2.75, 3.05) is 6.54 Å². The Kier molecular flexibility index (Phi) is 4.73. The van der Waals surface area contributed by atoms with Gasteiger partial charge >= 0.3 is 0 Å². The molecule has 1 heterocycles. The summed E-state index contributed by atoms with van der Waals surface area (Å²) in [4.78, 5) is 0. The van der Waals surface area contributed by atoms with E-state index in [-0.39, 0.29) is 0 Å². The topological polar surface area (TPSA) is 37.8 Å².